The highest BCUT2D eigenvalue weighted by Crippen LogP contribution is 2.30. The van der Waals surface area contributed by atoms with Crippen LogP contribution < -0.4 is 5.73 Å². The van der Waals surface area contributed by atoms with Crippen LogP contribution in [0.15, 0.2) is 6.07 Å². The lowest BCUT2D eigenvalue weighted by Gasteiger charge is -2.20. The van der Waals surface area contributed by atoms with Gasteiger partial charge in [-0.3, -0.25) is 4.40 Å². The molecule has 0 amide bonds. The topological polar surface area (TPSA) is 69.1 Å². The minimum atomic E-state index is 0.190. The minimum absolute atomic E-state index is 0.190. The van der Waals surface area contributed by atoms with Crippen LogP contribution in [0.5, 0.6) is 0 Å². The Labute approximate surface area is 113 Å². The lowest BCUT2D eigenvalue weighted by molar-refractivity contribution is 0.478. The molecule has 1 saturated carbocycles. The van der Waals surface area contributed by atoms with Crippen molar-refractivity contribution in [2.45, 2.75) is 57.9 Å². The zero-order valence-corrected chi connectivity index (χ0v) is 11.6. The fourth-order valence-corrected chi connectivity index (χ4v) is 3.16. The summed E-state index contributed by atoms with van der Waals surface area (Å²) in [6, 6.07) is 2.17. The van der Waals surface area contributed by atoms with Gasteiger partial charge in [0.15, 0.2) is 5.65 Å². The van der Waals surface area contributed by atoms with E-state index in [9.17, 15) is 0 Å². The van der Waals surface area contributed by atoms with Crippen LogP contribution in [-0.4, -0.2) is 25.6 Å². The Balaban J connectivity index is 2.09. The van der Waals surface area contributed by atoms with Gasteiger partial charge in [-0.05, 0) is 26.7 Å². The molecule has 0 aromatic carbocycles. The summed E-state index contributed by atoms with van der Waals surface area (Å²) in [6.45, 7) is 3.99. The Morgan fingerprint density at radius 1 is 1.16 bits per heavy atom. The summed E-state index contributed by atoms with van der Waals surface area (Å²) in [5.41, 5.74) is 8.21. The molecule has 0 spiro atoms. The number of hydrogen-bond donors (Lipinski definition) is 1. The van der Waals surface area contributed by atoms with Crippen molar-refractivity contribution in [2.75, 3.05) is 0 Å². The summed E-state index contributed by atoms with van der Waals surface area (Å²) in [6.07, 6.45) is 5.92. The van der Waals surface area contributed by atoms with E-state index in [0.29, 0.717) is 5.92 Å². The standard InChI is InChI=1S/C14H21N5/c1-9-8-13-17-18-14(19(13)10(2)16-9)11-6-4-3-5-7-12(11)15/h8,11-12H,3-7,15H2,1-2H3. The summed E-state index contributed by atoms with van der Waals surface area (Å²) < 4.78 is 2.07. The molecule has 1 aliphatic rings. The van der Waals surface area contributed by atoms with Crippen molar-refractivity contribution < 1.29 is 0 Å². The number of fused-ring (bicyclic) bond motifs is 1. The summed E-state index contributed by atoms with van der Waals surface area (Å²) in [7, 11) is 0. The average Bonchev–Trinajstić information content (AvgIpc) is 2.65. The summed E-state index contributed by atoms with van der Waals surface area (Å²) in [5, 5.41) is 8.70. The maximum absolute atomic E-state index is 6.34. The number of nitrogens with two attached hydrogens (primary N) is 1. The molecule has 5 nitrogen and oxygen atoms in total. The molecule has 2 aromatic heterocycles. The van der Waals surface area contributed by atoms with Crippen LogP contribution in [-0.2, 0) is 0 Å². The molecular formula is C14H21N5. The molecule has 2 heterocycles. The molecule has 0 aliphatic heterocycles. The normalized spacial score (nSPS) is 24.6. The molecule has 2 unspecified atom stereocenters. The number of aryl methyl sites for hydroxylation is 2. The van der Waals surface area contributed by atoms with Crippen LogP contribution in [0.1, 0.15) is 55.4 Å². The Morgan fingerprint density at radius 3 is 2.79 bits per heavy atom. The van der Waals surface area contributed by atoms with Gasteiger partial charge in [0.2, 0.25) is 0 Å². The highest BCUT2D eigenvalue weighted by molar-refractivity contribution is 5.40. The summed E-state index contributed by atoms with van der Waals surface area (Å²) in [4.78, 5) is 4.52. The second-order valence-corrected chi connectivity index (χ2v) is 5.60. The van der Waals surface area contributed by atoms with E-state index in [0.717, 1.165) is 35.8 Å². The number of nitrogens with zero attached hydrogens (tertiary/aromatic N) is 4. The van der Waals surface area contributed by atoms with Gasteiger partial charge in [-0.1, -0.05) is 19.3 Å². The van der Waals surface area contributed by atoms with E-state index in [2.05, 4.69) is 19.6 Å². The average molecular weight is 259 g/mol. The lowest BCUT2D eigenvalue weighted by Crippen LogP contribution is -2.29. The van der Waals surface area contributed by atoms with Crippen molar-refractivity contribution in [1.82, 2.24) is 19.6 Å². The molecule has 102 valence electrons. The predicted molar refractivity (Wildman–Crippen MR) is 74.1 cm³/mol. The molecule has 2 aromatic rings. The Bertz CT molecular complexity index is 589. The molecule has 3 rings (SSSR count). The Hall–Kier alpha value is -1.49. The van der Waals surface area contributed by atoms with Gasteiger partial charge in [0.25, 0.3) is 0 Å². The van der Waals surface area contributed by atoms with Crippen LogP contribution in [0.2, 0.25) is 0 Å². The molecule has 2 atom stereocenters. The third kappa shape index (κ3) is 2.23. The van der Waals surface area contributed by atoms with Gasteiger partial charge in [-0.25, -0.2) is 4.98 Å². The van der Waals surface area contributed by atoms with E-state index in [4.69, 9.17) is 5.73 Å². The van der Waals surface area contributed by atoms with E-state index in [-0.39, 0.29) is 6.04 Å². The lowest BCUT2D eigenvalue weighted by atomic mass is 9.95. The van der Waals surface area contributed by atoms with Gasteiger partial charge in [0, 0.05) is 23.7 Å². The third-order valence-electron chi connectivity index (χ3n) is 4.11. The second-order valence-electron chi connectivity index (χ2n) is 5.60. The second kappa shape index (κ2) is 4.89. The van der Waals surface area contributed by atoms with Crippen molar-refractivity contribution in [3.8, 4) is 0 Å². The molecule has 19 heavy (non-hydrogen) atoms. The van der Waals surface area contributed by atoms with Gasteiger partial charge in [-0.2, -0.15) is 0 Å². The summed E-state index contributed by atoms with van der Waals surface area (Å²) >= 11 is 0. The van der Waals surface area contributed by atoms with Crippen LogP contribution in [0.4, 0.5) is 0 Å². The van der Waals surface area contributed by atoms with Gasteiger partial charge in [0.1, 0.15) is 11.6 Å². The highest BCUT2D eigenvalue weighted by atomic mass is 15.3. The molecule has 5 heteroatoms. The molecule has 0 bridgehead atoms. The van der Waals surface area contributed by atoms with Crippen LogP contribution in [0.25, 0.3) is 5.65 Å². The molecule has 0 saturated heterocycles. The van der Waals surface area contributed by atoms with Crippen LogP contribution in [0.3, 0.4) is 0 Å². The zero-order valence-electron chi connectivity index (χ0n) is 11.6. The smallest absolute Gasteiger partial charge is 0.164 e. The maximum Gasteiger partial charge on any atom is 0.164 e. The van der Waals surface area contributed by atoms with Crippen molar-refractivity contribution in [3.05, 3.63) is 23.4 Å². The van der Waals surface area contributed by atoms with Gasteiger partial charge in [-0.15, -0.1) is 10.2 Å². The van der Waals surface area contributed by atoms with E-state index < -0.39 is 0 Å². The van der Waals surface area contributed by atoms with E-state index in [1.807, 2.05) is 19.9 Å². The molecule has 0 radical (unpaired) electrons. The summed E-state index contributed by atoms with van der Waals surface area (Å²) in [5.74, 6) is 2.25. The zero-order chi connectivity index (χ0) is 13.4. The third-order valence-corrected chi connectivity index (χ3v) is 4.11. The van der Waals surface area contributed by atoms with Crippen LogP contribution >= 0.6 is 0 Å². The van der Waals surface area contributed by atoms with Crippen molar-refractivity contribution in [1.29, 1.82) is 0 Å². The first-order valence-corrected chi connectivity index (χ1v) is 7.11. The predicted octanol–water partition coefficient (Wildman–Crippen LogP) is 2.12. The van der Waals surface area contributed by atoms with Crippen molar-refractivity contribution in [3.63, 3.8) is 0 Å². The number of rotatable bonds is 1. The molecule has 2 N–H and O–H groups in total. The first kappa shape index (κ1) is 12.5. The highest BCUT2D eigenvalue weighted by Gasteiger charge is 2.27. The number of hydrogen-bond acceptors (Lipinski definition) is 4. The van der Waals surface area contributed by atoms with Gasteiger partial charge in [0.05, 0.1) is 0 Å². The fraction of sp³-hybridized carbons (Fsp3) is 0.643. The first-order chi connectivity index (χ1) is 9.16. The quantitative estimate of drug-likeness (QED) is 0.796. The molecule has 1 aliphatic carbocycles. The largest absolute Gasteiger partial charge is 0.327 e. The monoisotopic (exact) mass is 259 g/mol. The Kier molecular flexibility index (Phi) is 3.22. The van der Waals surface area contributed by atoms with Crippen LogP contribution in [0, 0.1) is 13.8 Å². The maximum atomic E-state index is 6.34. The fourth-order valence-electron chi connectivity index (χ4n) is 3.16. The van der Waals surface area contributed by atoms with E-state index in [1.54, 1.807) is 0 Å². The molecular weight excluding hydrogens is 238 g/mol. The van der Waals surface area contributed by atoms with Gasteiger partial charge >= 0.3 is 0 Å². The number of aromatic nitrogens is 4. The first-order valence-electron chi connectivity index (χ1n) is 7.11. The minimum Gasteiger partial charge on any atom is -0.327 e. The Morgan fingerprint density at radius 2 is 1.95 bits per heavy atom. The SMILES string of the molecule is Cc1cc2nnc(C3CCCCCC3N)n2c(C)n1. The van der Waals surface area contributed by atoms with Crippen molar-refractivity contribution >= 4 is 5.65 Å². The van der Waals surface area contributed by atoms with Gasteiger partial charge < -0.3 is 5.73 Å². The van der Waals surface area contributed by atoms with E-state index in [1.165, 1.54) is 19.3 Å². The molecule has 1 fully saturated rings. The van der Waals surface area contributed by atoms with E-state index >= 15 is 0 Å². The van der Waals surface area contributed by atoms with Crippen molar-refractivity contribution in [2.24, 2.45) is 5.73 Å².